The van der Waals surface area contributed by atoms with Crippen LogP contribution < -0.4 is 5.73 Å². The molecule has 1 aromatic rings. The van der Waals surface area contributed by atoms with Gasteiger partial charge in [0.25, 0.3) is 5.91 Å². The Balaban J connectivity index is 3.81. The Hall–Kier alpha value is -2.06. The third-order valence-corrected chi connectivity index (χ3v) is 1.90. The van der Waals surface area contributed by atoms with Crippen LogP contribution in [-0.2, 0) is 0 Å². The van der Waals surface area contributed by atoms with Crippen LogP contribution in [0.5, 0.6) is 0 Å². The van der Waals surface area contributed by atoms with Crippen LogP contribution in [-0.4, -0.2) is 5.91 Å². The lowest BCUT2D eigenvalue weighted by Crippen LogP contribution is -2.19. The molecule has 0 heterocycles. The normalized spacial score (nSPS) is 10.4. The van der Waals surface area contributed by atoms with Gasteiger partial charge in [0.1, 0.15) is 5.56 Å². The van der Waals surface area contributed by atoms with Crippen molar-refractivity contribution in [3.63, 3.8) is 0 Å². The number of hydrogen-bond acceptors (Lipinski definition) is 1. The summed E-state index contributed by atoms with van der Waals surface area (Å²) in [7, 11) is 0. The molecule has 0 aliphatic heterocycles. The number of hydrogen-bond donors (Lipinski definition) is 1. The largest absolute Gasteiger partial charge is 0.365 e. The molecule has 98 valence electrons. The number of amides is 1. The van der Waals surface area contributed by atoms with Crippen molar-refractivity contribution in [2.75, 3.05) is 0 Å². The summed E-state index contributed by atoms with van der Waals surface area (Å²) in [6.07, 6.45) is -3.18. The van der Waals surface area contributed by atoms with Crippen molar-refractivity contribution in [2.24, 2.45) is 5.73 Å². The monoisotopic (exact) mass is 273 g/mol. The molecule has 0 bridgehead atoms. The van der Waals surface area contributed by atoms with Gasteiger partial charge < -0.3 is 5.73 Å². The molecule has 1 rings (SSSR count). The van der Waals surface area contributed by atoms with E-state index in [2.05, 4.69) is 5.73 Å². The van der Waals surface area contributed by atoms with E-state index in [1.165, 1.54) is 0 Å². The second-order valence-electron chi connectivity index (χ2n) is 2.94. The molecule has 0 fully saturated rings. The zero-order valence-corrected chi connectivity index (χ0v) is 8.13. The standard InChI is InChI=1S/C9H2F7NO/c10-3-1(7(14)8(15)16)4(11)6(13)2(5(3)12)9(17)18/h(H2,17,18). The highest BCUT2D eigenvalue weighted by molar-refractivity contribution is 5.93. The minimum Gasteiger partial charge on any atom is -0.365 e. The molecule has 0 unspecified atom stereocenters. The summed E-state index contributed by atoms with van der Waals surface area (Å²) in [5.74, 6) is -14.3. The highest BCUT2D eigenvalue weighted by Crippen LogP contribution is 2.32. The van der Waals surface area contributed by atoms with Gasteiger partial charge in [-0.2, -0.15) is 8.78 Å². The van der Waals surface area contributed by atoms with Crippen molar-refractivity contribution in [3.8, 4) is 0 Å². The average Bonchev–Trinajstić information content (AvgIpc) is 2.26. The van der Waals surface area contributed by atoms with Crippen LogP contribution in [0.15, 0.2) is 6.08 Å². The Bertz CT molecular complexity index is 534. The van der Waals surface area contributed by atoms with Gasteiger partial charge in [-0.1, -0.05) is 0 Å². The Labute approximate surface area is 94.5 Å². The molecule has 0 aromatic heterocycles. The maximum Gasteiger partial charge on any atom is 0.306 e. The smallest absolute Gasteiger partial charge is 0.306 e. The first-order chi connectivity index (χ1) is 8.20. The fourth-order valence-corrected chi connectivity index (χ4v) is 1.14. The first kappa shape index (κ1) is 14.0. The molecule has 9 heteroatoms. The lowest BCUT2D eigenvalue weighted by atomic mass is 10.1. The third-order valence-electron chi connectivity index (χ3n) is 1.90. The summed E-state index contributed by atoms with van der Waals surface area (Å²) in [5.41, 5.74) is 0.374. The van der Waals surface area contributed by atoms with E-state index in [9.17, 15) is 35.5 Å². The number of carbonyl (C=O) groups excluding carboxylic acids is 1. The zero-order chi connectivity index (χ0) is 14.2. The maximum absolute atomic E-state index is 13.1. The number of rotatable bonds is 2. The molecule has 0 saturated heterocycles. The van der Waals surface area contributed by atoms with Crippen molar-refractivity contribution >= 4 is 11.7 Å². The topological polar surface area (TPSA) is 43.1 Å². The van der Waals surface area contributed by atoms with Gasteiger partial charge in [-0.25, -0.2) is 22.0 Å². The van der Waals surface area contributed by atoms with Crippen LogP contribution >= 0.6 is 0 Å². The van der Waals surface area contributed by atoms with Crippen LogP contribution in [0.3, 0.4) is 0 Å². The van der Waals surface area contributed by atoms with Gasteiger partial charge in [-0.15, -0.1) is 0 Å². The van der Waals surface area contributed by atoms with Crippen LogP contribution in [0.4, 0.5) is 30.7 Å². The molecule has 0 atom stereocenters. The number of primary amides is 1. The molecule has 18 heavy (non-hydrogen) atoms. The van der Waals surface area contributed by atoms with Crippen molar-refractivity contribution in [2.45, 2.75) is 0 Å². The van der Waals surface area contributed by atoms with Crippen molar-refractivity contribution in [1.82, 2.24) is 0 Å². The molecule has 0 saturated carbocycles. The van der Waals surface area contributed by atoms with E-state index in [-0.39, 0.29) is 0 Å². The van der Waals surface area contributed by atoms with Gasteiger partial charge in [0.2, 0.25) is 5.83 Å². The van der Waals surface area contributed by atoms with Gasteiger partial charge in [-0.3, -0.25) is 4.79 Å². The summed E-state index contributed by atoms with van der Waals surface area (Å²) in [4.78, 5) is 10.5. The first-order valence-corrected chi connectivity index (χ1v) is 4.07. The highest BCUT2D eigenvalue weighted by atomic mass is 19.3. The van der Waals surface area contributed by atoms with Crippen LogP contribution in [0.2, 0.25) is 0 Å². The molecule has 0 aliphatic rings. The second kappa shape index (κ2) is 4.67. The average molecular weight is 273 g/mol. The van der Waals surface area contributed by atoms with E-state index in [4.69, 9.17) is 0 Å². The molecular formula is C9H2F7NO. The molecule has 0 spiro atoms. The van der Waals surface area contributed by atoms with E-state index in [0.29, 0.717) is 0 Å². The quantitative estimate of drug-likeness (QED) is 0.653. The molecule has 2 N–H and O–H groups in total. The van der Waals surface area contributed by atoms with E-state index in [1.807, 2.05) is 0 Å². The number of carbonyl (C=O) groups is 1. The number of halogens is 7. The first-order valence-electron chi connectivity index (χ1n) is 4.07. The molecule has 0 radical (unpaired) electrons. The summed E-state index contributed by atoms with van der Waals surface area (Å²) in [5, 5.41) is 0. The van der Waals surface area contributed by atoms with Gasteiger partial charge in [0.05, 0.1) is 5.56 Å². The number of nitrogens with two attached hydrogens (primary N) is 1. The molecule has 1 amide bonds. The summed E-state index contributed by atoms with van der Waals surface area (Å²) < 4.78 is 88.6. The SMILES string of the molecule is NC(=O)c1c(F)c(F)c(C(F)=C(F)F)c(F)c1F. The van der Waals surface area contributed by atoms with Crippen LogP contribution in [0.25, 0.3) is 5.83 Å². The van der Waals surface area contributed by atoms with E-state index >= 15 is 0 Å². The molecular weight excluding hydrogens is 271 g/mol. The van der Waals surface area contributed by atoms with E-state index < -0.39 is 52.2 Å². The Morgan fingerprint density at radius 3 is 1.39 bits per heavy atom. The van der Waals surface area contributed by atoms with Crippen molar-refractivity contribution in [1.29, 1.82) is 0 Å². The second-order valence-corrected chi connectivity index (χ2v) is 2.94. The highest BCUT2D eigenvalue weighted by Gasteiger charge is 2.31. The van der Waals surface area contributed by atoms with Gasteiger partial charge >= 0.3 is 6.08 Å². The fourth-order valence-electron chi connectivity index (χ4n) is 1.14. The molecule has 2 nitrogen and oxygen atoms in total. The van der Waals surface area contributed by atoms with Crippen LogP contribution in [0.1, 0.15) is 15.9 Å². The van der Waals surface area contributed by atoms with Crippen molar-refractivity contribution in [3.05, 3.63) is 40.5 Å². The Morgan fingerprint density at radius 2 is 1.11 bits per heavy atom. The minimum atomic E-state index is -3.18. The van der Waals surface area contributed by atoms with Gasteiger partial charge in [-0.05, 0) is 0 Å². The molecule has 0 aliphatic carbocycles. The van der Waals surface area contributed by atoms with Gasteiger partial charge in [0, 0.05) is 0 Å². The van der Waals surface area contributed by atoms with Crippen LogP contribution in [0, 0.1) is 23.3 Å². The predicted octanol–water partition coefficient (Wildman–Crippen LogP) is 2.88. The fraction of sp³-hybridized carbons (Fsp3) is 0. The zero-order valence-electron chi connectivity index (χ0n) is 8.13. The summed E-state index contributed by atoms with van der Waals surface area (Å²) in [6.45, 7) is 0. The Kier molecular flexibility index (Phi) is 3.63. The molecule has 1 aromatic carbocycles. The minimum absolute atomic E-state index is 1.82. The van der Waals surface area contributed by atoms with Crippen molar-refractivity contribution < 1.29 is 35.5 Å². The van der Waals surface area contributed by atoms with Gasteiger partial charge in [0.15, 0.2) is 23.3 Å². The maximum atomic E-state index is 13.1. The summed E-state index contributed by atoms with van der Waals surface area (Å²) >= 11 is 0. The number of benzene rings is 1. The predicted molar refractivity (Wildman–Crippen MR) is 45.0 cm³/mol. The van der Waals surface area contributed by atoms with E-state index in [1.54, 1.807) is 0 Å². The lowest BCUT2D eigenvalue weighted by molar-refractivity contribution is 0.0989. The van der Waals surface area contributed by atoms with E-state index in [0.717, 1.165) is 0 Å². The Morgan fingerprint density at radius 1 is 0.778 bits per heavy atom. The lowest BCUT2D eigenvalue weighted by Gasteiger charge is -2.08. The summed E-state index contributed by atoms with van der Waals surface area (Å²) in [6, 6.07) is 0. The third kappa shape index (κ3) is 2.03.